The third-order valence-electron chi connectivity index (χ3n) is 6.48. The number of hydrogen-bond acceptors (Lipinski definition) is 7. The standard InChI is InChI=1S/C28H25Cl2F4N7O3S/c1-14(27(33)34)41(35-2)13-23(42)36-21(11-15-9-16(31)12-17(32)10-15)25-18(6-8-22(30)37-25)19-5-7-20(29)24-26(19)40(3)38-28(24)39-45(4,43)44/h5-10,12,21,27H,1-2,11,13H2,3-4H3,(H,36,42)(H,38,39)/t21-/m0/s1. The molecule has 4 aromatic rings. The lowest BCUT2D eigenvalue weighted by Gasteiger charge is -2.24. The number of pyridine rings is 1. The molecule has 45 heavy (non-hydrogen) atoms. The van der Waals surface area contributed by atoms with E-state index in [-0.39, 0.29) is 39.1 Å². The summed E-state index contributed by atoms with van der Waals surface area (Å²) in [5, 5.41) is 11.4. The van der Waals surface area contributed by atoms with Crippen molar-refractivity contribution in [2.75, 3.05) is 17.5 Å². The van der Waals surface area contributed by atoms with Crippen LogP contribution in [-0.4, -0.2) is 60.0 Å². The summed E-state index contributed by atoms with van der Waals surface area (Å²) >= 11 is 12.8. The number of halogens is 6. The number of anilines is 1. The molecule has 0 spiro atoms. The van der Waals surface area contributed by atoms with Gasteiger partial charge in [-0.15, -0.1) is 0 Å². The van der Waals surface area contributed by atoms with E-state index in [0.29, 0.717) is 27.7 Å². The Morgan fingerprint density at radius 2 is 1.76 bits per heavy atom. The SMILES string of the molecule is C=NN(CC(=O)N[C@@H](Cc1cc(F)cc(F)c1)c1nc(Cl)ccc1-c1ccc(Cl)c2c(NS(C)(=O)=O)nn(C)c12)C(=C)C(F)F. The van der Waals surface area contributed by atoms with Crippen LogP contribution < -0.4 is 10.0 Å². The van der Waals surface area contributed by atoms with Gasteiger partial charge in [-0.05, 0) is 42.3 Å². The molecule has 2 N–H and O–H groups in total. The molecule has 0 aliphatic rings. The normalized spacial score (nSPS) is 12.3. The summed E-state index contributed by atoms with van der Waals surface area (Å²) in [5.74, 6) is -2.61. The molecular weight excluding hydrogens is 661 g/mol. The van der Waals surface area contributed by atoms with Crippen LogP contribution in [0.25, 0.3) is 22.0 Å². The van der Waals surface area contributed by atoms with Gasteiger partial charge in [-0.25, -0.2) is 31.0 Å². The number of carbonyl (C=O) groups is 1. The van der Waals surface area contributed by atoms with Gasteiger partial charge in [-0.1, -0.05) is 35.8 Å². The summed E-state index contributed by atoms with van der Waals surface area (Å²) in [6.07, 6.45) is -2.29. The number of amides is 1. The first kappa shape index (κ1) is 33.7. The first-order valence-corrected chi connectivity index (χ1v) is 15.5. The van der Waals surface area contributed by atoms with Crippen molar-refractivity contribution in [3.8, 4) is 11.1 Å². The van der Waals surface area contributed by atoms with Crippen LogP contribution in [0.4, 0.5) is 23.4 Å². The lowest BCUT2D eigenvalue weighted by molar-refractivity contribution is -0.122. The molecule has 238 valence electrons. The Morgan fingerprint density at radius 3 is 2.36 bits per heavy atom. The Bertz CT molecular complexity index is 1900. The van der Waals surface area contributed by atoms with Crippen molar-refractivity contribution in [1.82, 2.24) is 25.1 Å². The number of alkyl halides is 2. The van der Waals surface area contributed by atoms with Gasteiger partial charge in [0.05, 0.1) is 39.6 Å². The van der Waals surface area contributed by atoms with E-state index in [1.54, 1.807) is 19.2 Å². The second kappa shape index (κ2) is 13.4. The summed E-state index contributed by atoms with van der Waals surface area (Å²) < 4.78 is 82.6. The maximum Gasteiger partial charge on any atom is 0.279 e. The molecule has 1 atom stereocenters. The molecule has 0 aliphatic carbocycles. The molecule has 2 aromatic heterocycles. The monoisotopic (exact) mass is 685 g/mol. The van der Waals surface area contributed by atoms with Crippen LogP contribution in [0.2, 0.25) is 10.2 Å². The van der Waals surface area contributed by atoms with Gasteiger partial charge in [0.1, 0.15) is 23.3 Å². The average molecular weight is 687 g/mol. The number of nitrogens with zero attached hydrogens (tertiary/aromatic N) is 5. The van der Waals surface area contributed by atoms with Crippen molar-refractivity contribution in [1.29, 1.82) is 0 Å². The van der Waals surface area contributed by atoms with E-state index in [9.17, 15) is 30.8 Å². The summed E-state index contributed by atoms with van der Waals surface area (Å²) in [7, 11) is -2.19. The van der Waals surface area contributed by atoms with Gasteiger partial charge in [0.2, 0.25) is 15.9 Å². The molecule has 0 saturated heterocycles. The molecule has 1 amide bonds. The van der Waals surface area contributed by atoms with Crippen LogP contribution in [0.15, 0.2) is 59.8 Å². The molecule has 17 heteroatoms. The van der Waals surface area contributed by atoms with E-state index >= 15 is 0 Å². The van der Waals surface area contributed by atoms with Crippen LogP contribution in [-0.2, 0) is 28.3 Å². The lowest BCUT2D eigenvalue weighted by atomic mass is 9.94. The number of aromatic nitrogens is 3. The quantitative estimate of drug-likeness (QED) is 0.0856. The Kier molecular flexibility index (Phi) is 10.0. The Hall–Kier alpha value is -4.21. The largest absolute Gasteiger partial charge is 0.346 e. The summed E-state index contributed by atoms with van der Waals surface area (Å²) in [4.78, 5) is 17.6. The minimum atomic E-state index is -3.75. The molecule has 2 aromatic carbocycles. The van der Waals surface area contributed by atoms with Gasteiger partial charge < -0.3 is 5.32 Å². The van der Waals surface area contributed by atoms with Gasteiger partial charge in [0, 0.05) is 31.0 Å². The molecular formula is C28H25Cl2F4N7O3S. The zero-order valence-corrected chi connectivity index (χ0v) is 26.0. The van der Waals surface area contributed by atoms with Gasteiger partial charge in [0.15, 0.2) is 5.82 Å². The average Bonchev–Trinajstić information content (AvgIpc) is 3.25. The predicted octanol–water partition coefficient (Wildman–Crippen LogP) is 5.69. The number of allylic oxidation sites excluding steroid dienone is 1. The van der Waals surface area contributed by atoms with Crippen molar-refractivity contribution in [2.24, 2.45) is 12.1 Å². The van der Waals surface area contributed by atoms with Crippen LogP contribution in [0.5, 0.6) is 0 Å². The molecule has 0 saturated carbocycles. The van der Waals surface area contributed by atoms with Crippen LogP contribution in [0.1, 0.15) is 17.3 Å². The molecule has 10 nitrogen and oxygen atoms in total. The highest BCUT2D eigenvalue weighted by Gasteiger charge is 2.27. The fourth-order valence-corrected chi connectivity index (χ4v) is 5.59. The third kappa shape index (κ3) is 7.90. The summed E-state index contributed by atoms with van der Waals surface area (Å²) in [5.41, 5.74) is 0.624. The van der Waals surface area contributed by atoms with Crippen molar-refractivity contribution in [2.45, 2.75) is 18.9 Å². The maximum atomic E-state index is 14.2. The fraction of sp³-hybridized carbons (Fsp3) is 0.214. The van der Waals surface area contributed by atoms with Crippen LogP contribution in [0, 0.1) is 11.6 Å². The molecule has 0 aliphatic heterocycles. The van der Waals surface area contributed by atoms with E-state index in [1.165, 1.54) is 16.8 Å². The predicted molar refractivity (Wildman–Crippen MR) is 165 cm³/mol. The zero-order chi connectivity index (χ0) is 33.2. The molecule has 0 unspecified atom stereocenters. The number of hydrogen-bond donors (Lipinski definition) is 2. The molecule has 0 bridgehead atoms. The Morgan fingerprint density at radius 1 is 1.11 bits per heavy atom. The van der Waals surface area contributed by atoms with Crippen molar-refractivity contribution in [3.05, 3.63) is 87.8 Å². The van der Waals surface area contributed by atoms with Crippen molar-refractivity contribution in [3.63, 3.8) is 0 Å². The number of sulfonamides is 1. The lowest BCUT2D eigenvalue weighted by Crippen LogP contribution is -2.38. The first-order valence-electron chi connectivity index (χ1n) is 12.8. The second-order valence-electron chi connectivity index (χ2n) is 9.82. The highest BCUT2D eigenvalue weighted by atomic mass is 35.5. The number of fused-ring (bicyclic) bond motifs is 1. The zero-order valence-electron chi connectivity index (χ0n) is 23.7. The Balaban J connectivity index is 1.89. The molecule has 4 rings (SSSR count). The van der Waals surface area contributed by atoms with Gasteiger partial charge in [-0.2, -0.15) is 10.2 Å². The highest BCUT2D eigenvalue weighted by Crippen LogP contribution is 2.40. The number of aryl methyl sites for hydroxylation is 1. The number of nitrogens with one attached hydrogen (secondary N) is 2. The minimum absolute atomic E-state index is 0.00599. The molecule has 0 radical (unpaired) electrons. The van der Waals surface area contributed by atoms with E-state index in [4.69, 9.17) is 23.2 Å². The topological polar surface area (TPSA) is 122 Å². The van der Waals surface area contributed by atoms with E-state index in [2.05, 4.69) is 38.5 Å². The van der Waals surface area contributed by atoms with Crippen molar-refractivity contribution < 1.29 is 30.8 Å². The van der Waals surface area contributed by atoms with Gasteiger partial charge in [-0.3, -0.25) is 19.2 Å². The smallest absolute Gasteiger partial charge is 0.279 e. The first-order chi connectivity index (χ1) is 21.1. The minimum Gasteiger partial charge on any atom is -0.346 e. The van der Waals surface area contributed by atoms with Crippen LogP contribution >= 0.6 is 23.2 Å². The Labute approximate surface area is 265 Å². The van der Waals surface area contributed by atoms with E-state index in [0.717, 1.165) is 18.4 Å². The van der Waals surface area contributed by atoms with Gasteiger partial charge in [0.25, 0.3) is 6.43 Å². The number of rotatable bonds is 12. The second-order valence-corrected chi connectivity index (χ2v) is 12.4. The molecule has 2 heterocycles. The highest BCUT2D eigenvalue weighted by molar-refractivity contribution is 7.92. The fourth-order valence-electron chi connectivity index (χ4n) is 4.70. The molecule has 0 fully saturated rings. The van der Waals surface area contributed by atoms with E-state index in [1.807, 2.05) is 0 Å². The maximum absolute atomic E-state index is 14.2. The summed E-state index contributed by atoms with van der Waals surface area (Å²) in [6.45, 7) is 5.71. The van der Waals surface area contributed by atoms with Crippen LogP contribution in [0.3, 0.4) is 0 Å². The third-order valence-corrected chi connectivity index (χ3v) is 7.57. The number of hydrazone groups is 1. The van der Waals surface area contributed by atoms with Crippen molar-refractivity contribution >= 4 is 62.6 Å². The van der Waals surface area contributed by atoms with E-state index < -0.39 is 52.3 Å². The van der Waals surface area contributed by atoms with Gasteiger partial charge >= 0.3 is 0 Å². The number of benzene rings is 2. The summed E-state index contributed by atoms with van der Waals surface area (Å²) in [6, 6.07) is 7.81. The number of carbonyl (C=O) groups excluding carboxylic acids is 1.